The zero-order valence-electron chi connectivity index (χ0n) is 18.9. The minimum Gasteiger partial charge on any atom is -0.465 e. The van der Waals surface area contributed by atoms with Crippen LogP contribution in [0.5, 0.6) is 0 Å². The van der Waals surface area contributed by atoms with E-state index in [1.807, 2.05) is 57.2 Å². The zero-order chi connectivity index (χ0) is 23.5. The van der Waals surface area contributed by atoms with E-state index in [0.717, 1.165) is 16.9 Å². The van der Waals surface area contributed by atoms with Gasteiger partial charge in [-0.05, 0) is 55.0 Å². The van der Waals surface area contributed by atoms with Crippen LogP contribution in [0.25, 0.3) is 0 Å². The molecule has 2 heterocycles. The molecule has 0 radical (unpaired) electrons. The SMILES string of the molecule is CCSc1nc2n(n1)C(c1ccc(C(=O)OC)cc1)C(C(=O)Nc1cccc(C)c1)=C(C)N2. The third-order valence-corrected chi connectivity index (χ3v) is 5.99. The number of carbonyl (C=O) groups excluding carboxylic acids is 2. The van der Waals surface area contributed by atoms with Crippen molar-refractivity contribution in [1.82, 2.24) is 14.8 Å². The summed E-state index contributed by atoms with van der Waals surface area (Å²) in [6, 6.07) is 14.1. The van der Waals surface area contributed by atoms with Crippen molar-refractivity contribution in [1.29, 1.82) is 0 Å². The Bertz CT molecular complexity index is 1230. The molecule has 8 nitrogen and oxygen atoms in total. The fourth-order valence-corrected chi connectivity index (χ4v) is 4.32. The second kappa shape index (κ2) is 9.50. The average molecular weight is 464 g/mol. The van der Waals surface area contributed by atoms with Crippen LogP contribution in [0.15, 0.2) is 65.0 Å². The lowest BCUT2D eigenvalue weighted by atomic mass is 9.94. The van der Waals surface area contributed by atoms with Crippen LogP contribution in [0, 0.1) is 6.92 Å². The number of fused-ring (bicyclic) bond motifs is 1. The Morgan fingerprint density at radius 2 is 1.94 bits per heavy atom. The number of anilines is 2. The molecule has 1 amide bonds. The summed E-state index contributed by atoms with van der Waals surface area (Å²) >= 11 is 1.53. The van der Waals surface area contributed by atoms with Gasteiger partial charge in [0.1, 0.15) is 6.04 Å². The summed E-state index contributed by atoms with van der Waals surface area (Å²) in [6.07, 6.45) is 0. The van der Waals surface area contributed by atoms with Crippen LogP contribution in [0.2, 0.25) is 0 Å². The van der Waals surface area contributed by atoms with Crippen molar-refractivity contribution in [3.63, 3.8) is 0 Å². The van der Waals surface area contributed by atoms with Gasteiger partial charge in [0.25, 0.3) is 5.91 Å². The molecule has 0 saturated heterocycles. The molecule has 170 valence electrons. The number of benzene rings is 2. The molecule has 33 heavy (non-hydrogen) atoms. The Hall–Kier alpha value is -3.59. The summed E-state index contributed by atoms with van der Waals surface area (Å²) in [6.45, 7) is 5.86. The van der Waals surface area contributed by atoms with Gasteiger partial charge >= 0.3 is 5.97 Å². The highest BCUT2D eigenvalue weighted by molar-refractivity contribution is 7.99. The lowest BCUT2D eigenvalue weighted by Crippen LogP contribution is -2.31. The first kappa shape index (κ1) is 22.6. The highest BCUT2D eigenvalue weighted by Crippen LogP contribution is 2.36. The molecule has 1 aromatic heterocycles. The van der Waals surface area contributed by atoms with Gasteiger partial charge in [0.2, 0.25) is 11.1 Å². The fourth-order valence-electron chi connectivity index (χ4n) is 3.76. The minimum absolute atomic E-state index is 0.238. The molecular formula is C24H25N5O3S. The van der Waals surface area contributed by atoms with Gasteiger partial charge in [-0.3, -0.25) is 4.79 Å². The number of hydrogen-bond acceptors (Lipinski definition) is 7. The van der Waals surface area contributed by atoms with Crippen LogP contribution < -0.4 is 10.6 Å². The van der Waals surface area contributed by atoms with Crippen molar-refractivity contribution in [2.24, 2.45) is 0 Å². The van der Waals surface area contributed by atoms with Crippen LogP contribution in [0.4, 0.5) is 11.6 Å². The Morgan fingerprint density at radius 1 is 1.18 bits per heavy atom. The van der Waals surface area contributed by atoms with Crippen molar-refractivity contribution >= 4 is 35.3 Å². The quantitative estimate of drug-likeness (QED) is 0.413. The van der Waals surface area contributed by atoms with Gasteiger partial charge in [-0.1, -0.05) is 43.0 Å². The monoisotopic (exact) mass is 463 g/mol. The first-order valence-electron chi connectivity index (χ1n) is 10.5. The summed E-state index contributed by atoms with van der Waals surface area (Å²) in [5.41, 5.74) is 4.21. The van der Waals surface area contributed by atoms with Crippen LogP contribution >= 0.6 is 11.8 Å². The number of aromatic nitrogens is 3. The highest BCUT2D eigenvalue weighted by Gasteiger charge is 2.34. The average Bonchev–Trinajstić information content (AvgIpc) is 3.19. The number of hydrogen-bond donors (Lipinski definition) is 2. The number of thioether (sulfide) groups is 1. The van der Waals surface area contributed by atoms with Gasteiger partial charge < -0.3 is 15.4 Å². The molecule has 2 N–H and O–H groups in total. The first-order valence-corrected chi connectivity index (χ1v) is 11.5. The maximum Gasteiger partial charge on any atom is 0.337 e. The molecule has 1 unspecified atom stereocenters. The van der Waals surface area contributed by atoms with E-state index in [4.69, 9.17) is 4.74 Å². The molecule has 0 bridgehead atoms. The molecule has 2 aromatic carbocycles. The molecule has 0 spiro atoms. The Balaban J connectivity index is 1.77. The third kappa shape index (κ3) is 4.63. The van der Waals surface area contributed by atoms with E-state index < -0.39 is 12.0 Å². The van der Waals surface area contributed by atoms with Gasteiger partial charge in [-0.2, -0.15) is 4.98 Å². The summed E-state index contributed by atoms with van der Waals surface area (Å²) in [5, 5.41) is 11.5. The van der Waals surface area contributed by atoms with Crippen molar-refractivity contribution in [3.8, 4) is 0 Å². The number of methoxy groups -OCH3 is 1. The molecule has 3 aromatic rings. The van der Waals surface area contributed by atoms with Crippen molar-refractivity contribution < 1.29 is 14.3 Å². The standard InChI is InChI=1S/C24H25N5O3S/c1-5-33-24-27-23-25-15(3)19(21(30)26-18-8-6-7-14(2)13-18)20(29(23)28-24)16-9-11-17(12-10-16)22(31)32-4/h6-13,20H,5H2,1-4H3,(H,26,30)(H,25,27,28). The number of nitrogens with zero attached hydrogens (tertiary/aromatic N) is 3. The smallest absolute Gasteiger partial charge is 0.337 e. The van der Waals surface area contributed by atoms with Crippen molar-refractivity contribution in [2.45, 2.75) is 32.0 Å². The molecule has 1 aliphatic heterocycles. The maximum atomic E-state index is 13.5. The number of nitrogens with one attached hydrogen (secondary N) is 2. The van der Waals surface area contributed by atoms with Gasteiger partial charge in [0.05, 0.1) is 18.2 Å². The molecular weight excluding hydrogens is 438 g/mol. The normalized spacial score (nSPS) is 15.0. The molecule has 1 atom stereocenters. The third-order valence-electron chi connectivity index (χ3n) is 5.27. The summed E-state index contributed by atoms with van der Waals surface area (Å²) in [4.78, 5) is 30.0. The van der Waals surface area contributed by atoms with Crippen LogP contribution in [0.1, 0.15) is 41.4 Å². The van der Waals surface area contributed by atoms with Gasteiger partial charge in [0.15, 0.2) is 0 Å². The van der Waals surface area contributed by atoms with E-state index in [1.54, 1.807) is 16.8 Å². The molecule has 1 aliphatic rings. The largest absolute Gasteiger partial charge is 0.465 e. The van der Waals surface area contributed by atoms with Crippen LogP contribution in [-0.4, -0.2) is 39.5 Å². The summed E-state index contributed by atoms with van der Waals surface area (Å²) < 4.78 is 6.53. The number of allylic oxidation sites excluding steroid dienone is 1. The van der Waals surface area contributed by atoms with E-state index in [0.29, 0.717) is 33.6 Å². The van der Waals surface area contributed by atoms with E-state index >= 15 is 0 Å². The second-order valence-corrected chi connectivity index (χ2v) is 8.83. The topological polar surface area (TPSA) is 98.1 Å². The minimum atomic E-state index is -0.517. The van der Waals surface area contributed by atoms with E-state index in [9.17, 15) is 9.59 Å². The molecule has 4 rings (SSSR count). The summed E-state index contributed by atoms with van der Waals surface area (Å²) in [5.74, 6) is 0.741. The fraction of sp³-hybridized carbons (Fsp3) is 0.250. The number of esters is 1. The number of aryl methyl sites for hydroxylation is 1. The predicted molar refractivity (Wildman–Crippen MR) is 128 cm³/mol. The molecule has 0 aliphatic carbocycles. The van der Waals surface area contributed by atoms with Gasteiger partial charge in [-0.15, -0.1) is 5.10 Å². The predicted octanol–water partition coefficient (Wildman–Crippen LogP) is 4.41. The zero-order valence-corrected chi connectivity index (χ0v) is 19.7. The Labute approximate surface area is 196 Å². The van der Waals surface area contributed by atoms with Crippen LogP contribution in [0.3, 0.4) is 0 Å². The van der Waals surface area contributed by atoms with Gasteiger partial charge in [0, 0.05) is 11.4 Å². The van der Waals surface area contributed by atoms with E-state index in [1.165, 1.54) is 18.9 Å². The van der Waals surface area contributed by atoms with Crippen LogP contribution in [-0.2, 0) is 9.53 Å². The number of rotatable bonds is 6. The van der Waals surface area contributed by atoms with Crippen molar-refractivity contribution in [2.75, 3.05) is 23.5 Å². The van der Waals surface area contributed by atoms with Crippen molar-refractivity contribution in [3.05, 3.63) is 76.5 Å². The number of carbonyl (C=O) groups is 2. The Morgan fingerprint density at radius 3 is 2.61 bits per heavy atom. The van der Waals surface area contributed by atoms with Gasteiger partial charge in [-0.25, -0.2) is 9.48 Å². The van der Waals surface area contributed by atoms with E-state index in [-0.39, 0.29) is 5.91 Å². The molecule has 0 saturated carbocycles. The lowest BCUT2D eigenvalue weighted by Gasteiger charge is -2.28. The molecule has 0 fully saturated rings. The lowest BCUT2D eigenvalue weighted by molar-refractivity contribution is -0.113. The van der Waals surface area contributed by atoms with E-state index in [2.05, 4.69) is 20.7 Å². The maximum absolute atomic E-state index is 13.5. The number of ether oxygens (including phenoxy) is 1. The number of amides is 1. The first-order chi connectivity index (χ1) is 15.9. The highest BCUT2D eigenvalue weighted by atomic mass is 32.2. The Kier molecular flexibility index (Phi) is 6.50. The molecule has 9 heteroatoms. The summed E-state index contributed by atoms with van der Waals surface area (Å²) in [7, 11) is 1.34. The second-order valence-electron chi connectivity index (χ2n) is 7.60.